The zero-order valence-electron chi connectivity index (χ0n) is 8.39. The van der Waals surface area contributed by atoms with Crippen LogP contribution in [0.3, 0.4) is 0 Å². The average molecular weight is 255 g/mol. The summed E-state index contributed by atoms with van der Waals surface area (Å²) in [4.78, 5) is 0.505. The highest BCUT2D eigenvalue weighted by atomic mass is 79.9. The number of halogens is 1. The number of allylic oxidation sites excluding steroid dienone is 4. The number of hydrogen-bond acceptors (Lipinski definition) is 0. The molecule has 0 amide bonds. The fourth-order valence-electron chi connectivity index (χ4n) is 0.947. The number of rotatable bonds is 0. The lowest BCUT2D eigenvalue weighted by Crippen LogP contribution is -2.16. The molecule has 1 aliphatic carbocycles. The molecule has 0 saturated carbocycles. The van der Waals surface area contributed by atoms with Gasteiger partial charge in [-0.1, -0.05) is 53.6 Å². The molecule has 0 bridgehead atoms. The van der Waals surface area contributed by atoms with Gasteiger partial charge in [-0.2, -0.15) is 0 Å². The van der Waals surface area contributed by atoms with E-state index in [4.69, 9.17) is 0 Å². The largest absolute Gasteiger partial charge is 0.129 e. The highest BCUT2D eigenvalue weighted by Crippen LogP contribution is 2.16. The highest BCUT2D eigenvalue weighted by Gasteiger charge is 2.08. The van der Waals surface area contributed by atoms with E-state index in [1.807, 2.05) is 0 Å². The van der Waals surface area contributed by atoms with Crippen molar-refractivity contribution >= 4 is 24.0 Å². The van der Waals surface area contributed by atoms with E-state index in [1.54, 1.807) is 0 Å². The van der Waals surface area contributed by atoms with Crippen molar-refractivity contribution in [2.24, 2.45) is 0 Å². The Morgan fingerprint density at radius 2 is 2.15 bits per heavy atom. The predicted octanol–water partition coefficient (Wildman–Crippen LogP) is 3.52. The number of alkyl halides is 1. The lowest BCUT2D eigenvalue weighted by atomic mass is 10.1. The molecule has 1 unspecified atom stereocenters. The second-order valence-electron chi connectivity index (χ2n) is 4.27. The van der Waals surface area contributed by atoms with Gasteiger partial charge in [0.25, 0.3) is 0 Å². The molecule has 13 heavy (non-hydrogen) atoms. The summed E-state index contributed by atoms with van der Waals surface area (Å²) in [5.74, 6) is 3.25. The SMILES string of the molecule is C[Si](C)(C)C#CC1=CCC(Br)C=C1. The van der Waals surface area contributed by atoms with Crippen molar-refractivity contribution in [3.05, 3.63) is 23.8 Å². The van der Waals surface area contributed by atoms with Crippen LogP contribution in [0.15, 0.2) is 23.8 Å². The van der Waals surface area contributed by atoms with Gasteiger partial charge in [-0.15, -0.1) is 5.54 Å². The van der Waals surface area contributed by atoms with Crippen LogP contribution in [0.4, 0.5) is 0 Å². The monoisotopic (exact) mass is 254 g/mol. The molecular weight excluding hydrogens is 240 g/mol. The van der Waals surface area contributed by atoms with Crippen LogP contribution in [0.25, 0.3) is 0 Å². The third-order valence-electron chi connectivity index (χ3n) is 1.63. The first-order valence-corrected chi connectivity index (χ1v) is 8.94. The number of hydrogen-bond donors (Lipinski definition) is 0. The van der Waals surface area contributed by atoms with E-state index >= 15 is 0 Å². The lowest BCUT2D eigenvalue weighted by molar-refractivity contribution is 1.06. The maximum Gasteiger partial charge on any atom is 0.129 e. The van der Waals surface area contributed by atoms with Crippen molar-refractivity contribution in [3.8, 4) is 11.5 Å². The molecule has 1 aliphatic rings. The quantitative estimate of drug-likeness (QED) is 0.353. The topological polar surface area (TPSA) is 0 Å². The first kappa shape index (κ1) is 10.8. The second-order valence-corrected chi connectivity index (χ2v) is 10.2. The second kappa shape index (κ2) is 4.30. The Labute approximate surface area is 90.3 Å². The van der Waals surface area contributed by atoms with Crippen LogP contribution in [-0.4, -0.2) is 12.9 Å². The van der Waals surface area contributed by atoms with Crippen molar-refractivity contribution in [2.45, 2.75) is 30.9 Å². The summed E-state index contributed by atoms with van der Waals surface area (Å²) in [6.45, 7) is 6.79. The van der Waals surface area contributed by atoms with E-state index in [2.05, 4.69) is 65.3 Å². The van der Waals surface area contributed by atoms with E-state index in [0.717, 1.165) is 6.42 Å². The van der Waals surface area contributed by atoms with Crippen LogP contribution in [-0.2, 0) is 0 Å². The van der Waals surface area contributed by atoms with E-state index in [1.165, 1.54) is 5.57 Å². The minimum atomic E-state index is -1.21. The fraction of sp³-hybridized carbons (Fsp3) is 0.455. The summed E-state index contributed by atoms with van der Waals surface area (Å²) in [6, 6.07) is 0. The van der Waals surface area contributed by atoms with Crippen molar-refractivity contribution in [2.75, 3.05) is 0 Å². The Morgan fingerprint density at radius 1 is 1.46 bits per heavy atom. The van der Waals surface area contributed by atoms with Crippen LogP contribution in [0.2, 0.25) is 19.6 Å². The third-order valence-corrected chi connectivity index (χ3v) is 3.18. The van der Waals surface area contributed by atoms with E-state index < -0.39 is 8.07 Å². The zero-order valence-corrected chi connectivity index (χ0v) is 11.0. The highest BCUT2D eigenvalue weighted by molar-refractivity contribution is 9.09. The Morgan fingerprint density at radius 3 is 2.62 bits per heavy atom. The molecule has 0 aromatic heterocycles. The van der Waals surface area contributed by atoms with Crippen molar-refractivity contribution in [1.29, 1.82) is 0 Å². The predicted molar refractivity (Wildman–Crippen MR) is 65.7 cm³/mol. The third kappa shape index (κ3) is 4.49. The Bertz CT molecular complexity index is 296. The van der Waals surface area contributed by atoms with Gasteiger partial charge >= 0.3 is 0 Å². The van der Waals surface area contributed by atoms with Crippen LogP contribution >= 0.6 is 15.9 Å². The van der Waals surface area contributed by atoms with Gasteiger partial charge in [0.1, 0.15) is 8.07 Å². The molecule has 0 fully saturated rings. The minimum absolute atomic E-state index is 0.505. The summed E-state index contributed by atoms with van der Waals surface area (Å²) in [5.41, 5.74) is 4.54. The minimum Gasteiger partial charge on any atom is -0.127 e. The summed E-state index contributed by atoms with van der Waals surface area (Å²) in [6.07, 6.45) is 7.53. The molecule has 0 aromatic carbocycles. The van der Waals surface area contributed by atoms with Crippen LogP contribution in [0.5, 0.6) is 0 Å². The van der Waals surface area contributed by atoms with Gasteiger partial charge < -0.3 is 0 Å². The normalized spacial score (nSPS) is 21.8. The van der Waals surface area contributed by atoms with Crippen LogP contribution < -0.4 is 0 Å². The summed E-state index contributed by atoms with van der Waals surface area (Å²) >= 11 is 3.54. The molecule has 0 radical (unpaired) electrons. The molecule has 0 heterocycles. The molecule has 0 nitrogen and oxygen atoms in total. The Balaban J connectivity index is 2.65. The Kier molecular flexibility index (Phi) is 3.58. The molecular formula is C11H15BrSi. The summed E-state index contributed by atoms with van der Waals surface area (Å²) < 4.78 is 0. The molecule has 1 atom stereocenters. The summed E-state index contributed by atoms with van der Waals surface area (Å²) in [7, 11) is -1.21. The maximum absolute atomic E-state index is 3.54. The molecule has 1 rings (SSSR count). The smallest absolute Gasteiger partial charge is 0.127 e. The van der Waals surface area contributed by atoms with E-state index in [0.29, 0.717) is 4.83 Å². The van der Waals surface area contributed by atoms with Crippen molar-refractivity contribution < 1.29 is 0 Å². The first-order valence-electron chi connectivity index (χ1n) is 4.53. The standard InChI is InChI=1S/C11H15BrSi/c1-13(2,3)9-8-10-4-6-11(12)7-5-10/h4-6,11H,7H2,1-3H3. The van der Waals surface area contributed by atoms with Gasteiger partial charge in [0.05, 0.1) is 0 Å². The molecule has 0 aromatic rings. The molecule has 0 saturated heterocycles. The first-order chi connectivity index (χ1) is 5.97. The molecule has 0 spiro atoms. The molecule has 2 heteroatoms. The van der Waals surface area contributed by atoms with Crippen LogP contribution in [0, 0.1) is 11.5 Å². The van der Waals surface area contributed by atoms with E-state index in [-0.39, 0.29) is 0 Å². The lowest BCUT2D eigenvalue weighted by Gasteiger charge is -2.07. The van der Waals surface area contributed by atoms with Gasteiger partial charge in [-0.05, 0) is 12.5 Å². The van der Waals surface area contributed by atoms with E-state index in [9.17, 15) is 0 Å². The average Bonchev–Trinajstić information content (AvgIpc) is 2.02. The van der Waals surface area contributed by atoms with Crippen molar-refractivity contribution in [3.63, 3.8) is 0 Å². The fourth-order valence-corrected chi connectivity index (χ4v) is 1.81. The van der Waals surface area contributed by atoms with Gasteiger partial charge in [-0.3, -0.25) is 0 Å². The molecule has 0 aliphatic heterocycles. The Hall–Kier alpha value is -0.263. The maximum atomic E-state index is 3.54. The molecule has 0 N–H and O–H groups in total. The van der Waals surface area contributed by atoms with Crippen LogP contribution in [0.1, 0.15) is 6.42 Å². The van der Waals surface area contributed by atoms with Gasteiger partial charge in [0.15, 0.2) is 0 Å². The van der Waals surface area contributed by atoms with Gasteiger partial charge in [0.2, 0.25) is 0 Å². The summed E-state index contributed by atoms with van der Waals surface area (Å²) in [5, 5.41) is 0. The molecule has 70 valence electrons. The zero-order chi connectivity index (χ0) is 9.90. The van der Waals surface area contributed by atoms with Gasteiger partial charge in [0, 0.05) is 10.4 Å². The van der Waals surface area contributed by atoms with Gasteiger partial charge in [-0.25, -0.2) is 0 Å². The van der Waals surface area contributed by atoms with Crippen molar-refractivity contribution in [1.82, 2.24) is 0 Å².